The quantitative estimate of drug-likeness (QED) is 0.364. The Morgan fingerprint density at radius 1 is 0.895 bits per heavy atom. The number of nitrogens with zero attached hydrogens (tertiary/aromatic N) is 2. The first-order valence-corrected chi connectivity index (χ1v) is 14.9. The van der Waals surface area contributed by atoms with Gasteiger partial charge in [-0.25, -0.2) is 8.42 Å². The second-order valence-electron chi connectivity index (χ2n) is 10.2. The zero-order valence-corrected chi connectivity index (χ0v) is 24.5. The molecule has 0 aliphatic carbocycles. The van der Waals surface area contributed by atoms with Crippen LogP contribution in [0.2, 0.25) is 0 Å². The molecule has 3 rings (SSSR count). The van der Waals surface area contributed by atoms with Gasteiger partial charge in [-0.2, -0.15) is 0 Å². The minimum Gasteiger partial charge on any atom is -0.350 e. The summed E-state index contributed by atoms with van der Waals surface area (Å²) in [5.41, 5.74) is 1.55. The molecule has 1 atom stereocenters. The molecule has 0 bridgehead atoms. The summed E-state index contributed by atoms with van der Waals surface area (Å²) >= 11 is 3.37. The number of rotatable bonds is 10. The molecule has 0 aliphatic rings. The van der Waals surface area contributed by atoms with Crippen LogP contribution in [0.4, 0.5) is 5.69 Å². The summed E-state index contributed by atoms with van der Waals surface area (Å²) in [7, 11) is -3.81. The van der Waals surface area contributed by atoms with E-state index in [2.05, 4.69) is 21.2 Å². The third kappa shape index (κ3) is 8.70. The maximum Gasteiger partial charge on any atom is 0.244 e. The summed E-state index contributed by atoms with van der Waals surface area (Å²) in [6, 6.07) is 24.7. The maximum absolute atomic E-state index is 14.0. The van der Waals surface area contributed by atoms with Gasteiger partial charge in [0.05, 0.1) is 11.9 Å². The molecule has 3 aromatic rings. The fourth-order valence-corrected chi connectivity index (χ4v) is 5.26. The predicted octanol–water partition coefficient (Wildman–Crippen LogP) is 4.77. The van der Waals surface area contributed by atoms with Crippen LogP contribution in [0.1, 0.15) is 31.9 Å². The number of hydrogen-bond acceptors (Lipinski definition) is 4. The Hall–Kier alpha value is -3.17. The van der Waals surface area contributed by atoms with Crippen molar-refractivity contribution in [3.63, 3.8) is 0 Å². The molecule has 0 saturated carbocycles. The molecule has 0 spiro atoms. The molecule has 38 heavy (non-hydrogen) atoms. The van der Waals surface area contributed by atoms with Gasteiger partial charge in [0.2, 0.25) is 21.8 Å². The number of carbonyl (C=O) groups excluding carboxylic acids is 2. The molecule has 0 aliphatic heterocycles. The van der Waals surface area contributed by atoms with Crippen molar-refractivity contribution in [3.05, 3.63) is 101 Å². The van der Waals surface area contributed by atoms with Gasteiger partial charge in [0, 0.05) is 23.0 Å². The number of carbonyl (C=O) groups is 2. The van der Waals surface area contributed by atoms with E-state index < -0.39 is 34.1 Å². The summed E-state index contributed by atoms with van der Waals surface area (Å²) in [5, 5.41) is 3.01. The minimum atomic E-state index is -3.81. The molecule has 9 heteroatoms. The van der Waals surface area contributed by atoms with Gasteiger partial charge in [0.1, 0.15) is 12.6 Å². The SMILES string of the molecule is CC(C)(C)NC(=O)[C@@H](Cc1ccccc1)N(Cc1ccccc1)C(=O)CN(c1cccc(Br)c1)S(C)(=O)=O. The second kappa shape index (κ2) is 12.6. The fourth-order valence-electron chi connectivity index (χ4n) is 4.03. The summed E-state index contributed by atoms with van der Waals surface area (Å²) in [5.74, 6) is -0.789. The van der Waals surface area contributed by atoms with Gasteiger partial charge in [-0.05, 0) is 50.1 Å². The van der Waals surface area contributed by atoms with Crippen molar-refractivity contribution in [2.45, 2.75) is 45.3 Å². The molecule has 3 aromatic carbocycles. The Morgan fingerprint density at radius 2 is 1.47 bits per heavy atom. The van der Waals surface area contributed by atoms with E-state index in [4.69, 9.17) is 0 Å². The van der Waals surface area contributed by atoms with Gasteiger partial charge >= 0.3 is 0 Å². The summed E-state index contributed by atoms with van der Waals surface area (Å²) in [4.78, 5) is 29.1. The van der Waals surface area contributed by atoms with Crippen LogP contribution in [0.25, 0.3) is 0 Å². The van der Waals surface area contributed by atoms with Crippen molar-refractivity contribution in [1.29, 1.82) is 0 Å². The number of amides is 2. The van der Waals surface area contributed by atoms with Crippen molar-refractivity contribution < 1.29 is 18.0 Å². The number of nitrogens with one attached hydrogen (secondary N) is 1. The van der Waals surface area contributed by atoms with Crippen molar-refractivity contribution in [1.82, 2.24) is 10.2 Å². The van der Waals surface area contributed by atoms with Gasteiger partial charge in [0.25, 0.3) is 0 Å². The molecule has 1 N–H and O–H groups in total. The first-order chi connectivity index (χ1) is 17.8. The molecule has 2 amide bonds. The molecule has 0 saturated heterocycles. The lowest BCUT2D eigenvalue weighted by atomic mass is 10.0. The number of sulfonamides is 1. The van der Waals surface area contributed by atoms with E-state index in [1.165, 1.54) is 4.90 Å². The van der Waals surface area contributed by atoms with E-state index in [1.807, 2.05) is 81.4 Å². The molecule has 7 nitrogen and oxygen atoms in total. The van der Waals surface area contributed by atoms with E-state index in [0.717, 1.165) is 21.7 Å². The smallest absolute Gasteiger partial charge is 0.244 e. The van der Waals surface area contributed by atoms with Gasteiger partial charge in [0.15, 0.2) is 0 Å². The largest absolute Gasteiger partial charge is 0.350 e. The van der Waals surface area contributed by atoms with Crippen LogP contribution < -0.4 is 9.62 Å². The van der Waals surface area contributed by atoms with Gasteiger partial charge in [-0.15, -0.1) is 0 Å². The van der Waals surface area contributed by atoms with Crippen LogP contribution in [0.3, 0.4) is 0 Å². The molecule has 0 unspecified atom stereocenters. The first kappa shape index (κ1) is 29.4. The number of halogens is 1. The second-order valence-corrected chi connectivity index (χ2v) is 13.0. The number of benzene rings is 3. The van der Waals surface area contributed by atoms with E-state index in [0.29, 0.717) is 10.2 Å². The number of hydrogen-bond donors (Lipinski definition) is 1. The van der Waals surface area contributed by atoms with Crippen molar-refractivity contribution in [2.75, 3.05) is 17.1 Å². The van der Waals surface area contributed by atoms with Crippen LogP contribution in [0.5, 0.6) is 0 Å². The highest BCUT2D eigenvalue weighted by molar-refractivity contribution is 9.10. The molecule has 0 aromatic heterocycles. The topological polar surface area (TPSA) is 86.8 Å². The average Bonchev–Trinajstić information content (AvgIpc) is 2.84. The van der Waals surface area contributed by atoms with Crippen molar-refractivity contribution in [2.24, 2.45) is 0 Å². The van der Waals surface area contributed by atoms with Crippen LogP contribution in [0.15, 0.2) is 89.4 Å². The van der Waals surface area contributed by atoms with Crippen LogP contribution in [-0.4, -0.2) is 49.5 Å². The van der Waals surface area contributed by atoms with E-state index in [1.54, 1.807) is 24.3 Å². The zero-order valence-electron chi connectivity index (χ0n) is 22.1. The number of anilines is 1. The molecule has 202 valence electrons. The Bertz CT molecular complexity index is 1340. The Morgan fingerprint density at radius 3 is 2.00 bits per heavy atom. The normalized spacial score (nSPS) is 12.4. The Balaban J connectivity index is 2.05. The molecular formula is C29H34BrN3O4S. The highest BCUT2D eigenvalue weighted by Crippen LogP contribution is 2.23. The fraction of sp³-hybridized carbons (Fsp3) is 0.310. The first-order valence-electron chi connectivity index (χ1n) is 12.3. The molecule has 0 radical (unpaired) electrons. The van der Waals surface area contributed by atoms with E-state index >= 15 is 0 Å². The monoisotopic (exact) mass is 599 g/mol. The molecular weight excluding hydrogens is 566 g/mol. The zero-order chi connectivity index (χ0) is 27.9. The summed E-state index contributed by atoms with van der Waals surface area (Å²) in [6.45, 7) is 5.34. The van der Waals surface area contributed by atoms with Crippen molar-refractivity contribution in [3.8, 4) is 0 Å². The predicted molar refractivity (Wildman–Crippen MR) is 155 cm³/mol. The van der Waals surface area contributed by atoms with Crippen LogP contribution in [-0.2, 0) is 32.6 Å². The van der Waals surface area contributed by atoms with E-state index in [9.17, 15) is 18.0 Å². The van der Waals surface area contributed by atoms with Gasteiger partial charge < -0.3 is 10.2 Å². The van der Waals surface area contributed by atoms with E-state index in [-0.39, 0.29) is 18.9 Å². The lowest BCUT2D eigenvalue weighted by molar-refractivity contribution is -0.140. The Kier molecular flexibility index (Phi) is 9.73. The lowest BCUT2D eigenvalue weighted by Gasteiger charge is -2.35. The van der Waals surface area contributed by atoms with Gasteiger partial charge in [-0.3, -0.25) is 13.9 Å². The molecule has 0 heterocycles. The van der Waals surface area contributed by atoms with Gasteiger partial charge in [-0.1, -0.05) is 82.7 Å². The highest BCUT2D eigenvalue weighted by atomic mass is 79.9. The standard InChI is InChI=1S/C29H34BrN3O4S/c1-29(2,3)31-28(35)26(18-22-12-7-5-8-13-22)32(20-23-14-9-6-10-15-23)27(34)21-33(38(4,36)37)25-17-11-16-24(30)19-25/h5-17,19,26H,18,20-21H2,1-4H3,(H,31,35)/t26-/m1/s1. The minimum absolute atomic E-state index is 0.144. The van der Waals surface area contributed by atoms with Crippen LogP contribution >= 0.6 is 15.9 Å². The maximum atomic E-state index is 14.0. The third-order valence-corrected chi connectivity index (χ3v) is 7.37. The Labute approximate surface area is 234 Å². The van der Waals surface area contributed by atoms with Crippen LogP contribution in [0, 0.1) is 0 Å². The van der Waals surface area contributed by atoms with Crippen molar-refractivity contribution >= 4 is 43.5 Å². The lowest BCUT2D eigenvalue weighted by Crippen LogP contribution is -2.56. The third-order valence-electron chi connectivity index (χ3n) is 5.74. The average molecular weight is 601 g/mol. The summed E-state index contributed by atoms with van der Waals surface area (Å²) < 4.78 is 27.4. The molecule has 0 fully saturated rings. The highest BCUT2D eigenvalue weighted by Gasteiger charge is 2.34. The summed E-state index contributed by atoms with van der Waals surface area (Å²) in [6.07, 6.45) is 1.34.